The van der Waals surface area contributed by atoms with Crippen molar-refractivity contribution < 1.29 is 4.57 Å². The van der Waals surface area contributed by atoms with Crippen LogP contribution in [0.2, 0.25) is 0 Å². The van der Waals surface area contributed by atoms with Gasteiger partial charge in [0.1, 0.15) is 5.88 Å². The lowest BCUT2D eigenvalue weighted by Gasteiger charge is -2.02. The lowest BCUT2D eigenvalue weighted by Crippen LogP contribution is -2.30. The van der Waals surface area contributed by atoms with Crippen LogP contribution in [0.25, 0.3) is 11.0 Å². The number of benzene rings is 1. The summed E-state index contributed by atoms with van der Waals surface area (Å²) in [6, 6.07) is 8.84. The molecule has 0 saturated carbocycles. The van der Waals surface area contributed by atoms with E-state index in [1.165, 1.54) is 93.8 Å². The van der Waals surface area contributed by atoms with Gasteiger partial charge in [0.15, 0.2) is 11.0 Å². The molecule has 0 saturated heterocycles. The number of nitrogens with zero attached hydrogens (tertiary/aromatic N) is 2. The Morgan fingerprint density at radius 1 is 0.778 bits per heavy atom. The first kappa shape index (κ1) is 22.3. The molecule has 152 valence electrons. The summed E-state index contributed by atoms with van der Waals surface area (Å²) >= 11 is 2.09. The third-order valence-electron chi connectivity index (χ3n) is 5.40. The number of fused-ring (bicyclic) bond motifs is 1. The highest BCUT2D eigenvalue weighted by Crippen LogP contribution is 2.15. The van der Waals surface area contributed by atoms with Gasteiger partial charge in [0, 0.05) is 0 Å². The van der Waals surface area contributed by atoms with Gasteiger partial charge in [-0.2, -0.15) is 0 Å². The largest absolute Gasteiger partial charge is 0.245 e. The molecule has 0 fully saturated rings. The summed E-state index contributed by atoms with van der Waals surface area (Å²) < 4.78 is 4.87. The quantitative estimate of drug-likeness (QED) is 0.215. The molecule has 27 heavy (non-hydrogen) atoms. The van der Waals surface area contributed by atoms with Crippen molar-refractivity contribution in [1.82, 2.24) is 4.57 Å². The maximum absolute atomic E-state index is 2.44. The van der Waals surface area contributed by atoms with Gasteiger partial charge in [-0.05, 0) is 30.7 Å². The number of hydrogen-bond acceptors (Lipinski definition) is 1. The molecule has 0 atom stereocenters. The second-order valence-electron chi connectivity index (χ2n) is 7.84. The first-order chi connectivity index (χ1) is 13.4. The van der Waals surface area contributed by atoms with Gasteiger partial charge < -0.3 is 0 Å². The zero-order valence-electron chi connectivity index (χ0n) is 17.8. The van der Waals surface area contributed by atoms with Gasteiger partial charge in [-0.25, -0.2) is 9.13 Å². The fourth-order valence-electron chi connectivity index (χ4n) is 3.71. The molecule has 3 heteroatoms. The van der Waals surface area contributed by atoms with Crippen molar-refractivity contribution in [3.63, 3.8) is 0 Å². The summed E-state index contributed by atoms with van der Waals surface area (Å²) in [5.41, 5.74) is 2.76. The topological polar surface area (TPSA) is 8.81 Å². The minimum absolute atomic E-state index is 1.08. The predicted molar refractivity (Wildman–Crippen MR) is 121 cm³/mol. The standard InChI is InChI=1S/C24H41N2S/c1-3-5-7-8-9-10-11-12-13-16-20-27-22-26-21-25(19-6-4-2)23-17-14-15-18-24(23)26/h14-15,17-18,21H,3-13,16,19-20,22H2,1-2H3/q+1. The molecule has 0 aliphatic carbocycles. The van der Waals surface area contributed by atoms with Gasteiger partial charge in [0.2, 0.25) is 6.33 Å². The third kappa shape index (κ3) is 8.29. The summed E-state index contributed by atoms with van der Waals surface area (Å²) in [7, 11) is 0. The molecule has 2 nitrogen and oxygen atoms in total. The van der Waals surface area contributed by atoms with Crippen LogP contribution in [0, 0.1) is 0 Å². The number of aryl methyl sites for hydroxylation is 1. The molecule has 0 aliphatic heterocycles. The Bertz CT molecular complexity index is 620. The molecule has 1 aromatic heterocycles. The number of aromatic nitrogens is 2. The molecule has 0 spiro atoms. The summed E-state index contributed by atoms with van der Waals surface area (Å²) in [5.74, 6) is 2.37. The first-order valence-electron chi connectivity index (χ1n) is 11.4. The highest BCUT2D eigenvalue weighted by atomic mass is 32.2. The van der Waals surface area contributed by atoms with Crippen LogP contribution < -0.4 is 4.57 Å². The van der Waals surface area contributed by atoms with Crippen LogP contribution in [0.3, 0.4) is 0 Å². The molecule has 0 N–H and O–H groups in total. The van der Waals surface area contributed by atoms with Crippen molar-refractivity contribution in [3.05, 3.63) is 30.6 Å². The van der Waals surface area contributed by atoms with Crippen LogP contribution in [-0.2, 0) is 12.4 Å². The average molecular weight is 390 g/mol. The van der Waals surface area contributed by atoms with Crippen molar-refractivity contribution in [2.24, 2.45) is 0 Å². The summed E-state index contributed by atoms with van der Waals surface area (Å²) in [5, 5.41) is 0. The lowest BCUT2D eigenvalue weighted by atomic mass is 10.1. The Labute approximate surface area is 171 Å². The van der Waals surface area contributed by atoms with Crippen molar-refractivity contribution in [3.8, 4) is 0 Å². The van der Waals surface area contributed by atoms with Gasteiger partial charge in [-0.15, -0.1) is 11.8 Å². The molecular weight excluding hydrogens is 348 g/mol. The molecular formula is C24H41N2S+. The highest BCUT2D eigenvalue weighted by molar-refractivity contribution is 7.98. The van der Waals surface area contributed by atoms with Crippen molar-refractivity contribution >= 4 is 22.8 Å². The van der Waals surface area contributed by atoms with Crippen LogP contribution in [0.4, 0.5) is 0 Å². The average Bonchev–Trinajstić information content (AvgIpc) is 3.05. The second-order valence-corrected chi connectivity index (χ2v) is 8.91. The van der Waals surface area contributed by atoms with E-state index in [0.717, 1.165) is 12.4 Å². The lowest BCUT2D eigenvalue weighted by molar-refractivity contribution is -0.650. The van der Waals surface area contributed by atoms with E-state index >= 15 is 0 Å². The highest BCUT2D eigenvalue weighted by Gasteiger charge is 2.14. The van der Waals surface area contributed by atoms with E-state index in [1.807, 2.05) is 0 Å². The zero-order valence-corrected chi connectivity index (χ0v) is 18.6. The van der Waals surface area contributed by atoms with E-state index < -0.39 is 0 Å². The molecule has 0 bridgehead atoms. The van der Waals surface area contributed by atoms with Gasteiger partial charge in [0.25, 0.3) is 0 Å². The summed E-state index contributed by atoms with van der Waals surface area (Å²) in [6.45, 7) is 5.69. The van der Waals surface area contributed by atoms with E-state index in [-0.39, 0.29) is 0 Å². The fourth-order valence-corrected chi connectivity index (χ4v) is 4.65. The number of para-hydroxylation sites is 2. The van der Waals surface area contributed by atoms with Crippen LogP contribution in [0.5, 0.6) is 0 Å². The summed E-state index contributed by atoms with van der Waals surface area (Å²) in [4.78, 5) is 0. The van der Waals surface area contributed by atoms with Crippen molar-refractivity contribution in [2.75, 3.05) is 5.75 Å². The number of thioether (sulfide) groups is 1. The maximum atomic E-state index is 2.44. The number of imidazole rings is 1. The Morgan fingerprint density at radius 2 is 1.41 bits per heavy atom. The normalized spacial score (nSPS) is 11.5. The van der Waals surface area contributed by atoms with Crippen LogP contribution in [-0.4, -0.2) is 10.3 Å². The van der Waals surface area contributed by atoms with Crippen molar-refractivity contribution in [1.29, 1.82) is 0 Å². The molecule has 2 rings (SSSR count). The fraction of sp³-hybridized carbons (Fsp3) is 0.708. The Hall–Kier alpha value is -0.960. The van der Waals surface area contributed by atoms with Gasteiger partial charge in [-0.3, -0.25) is 0 Å². The Morgan fingerprint density at radius 3 is 2.11 bits per heavy atom. The summed E-state index contributed by atoms with van der Waals surface area (Å²) in [6.07, 6.45) is 19.1. The minimum Gasteiger partial charge on any atom is -0.230 e. The second kappa shape index (κ2) is 14.1. The van der Waals surface area contributed by atoms with Gasteiger partial charge >= 0.3 is 0 Å². The SMILES string of the molecule is CCCCCCCCCCCCSC[n+]1cn(CCCC)c2ccccc21. The van der Waals surface area contributed by atoms with E-state index in [1.54, 1.807) is 0 Å². The molecule has 0 aliphatic rings. The molecule has 2 aromatic rings. The Kier molecular flexibility index (Phi) is 11.7. The van der Waals surface area contributed by atoms with Gasteiger partial charge in [-0.1, -0.05) is 90.2 Å². The Balaban J connectivity index is 1.59. The monoisotopic (exact) mass is 389 g/mol. The smallest absolute Gasteiger partial charge is 0.230 e. The van der Waals surface area contributed by atoms with Crippen LogP contribution in [0.1, 0.15) is 90.9 Å². The third-order valence-corrected chi connectivity index (χ3v) is 6.44. The van der Waals surface area contributed by atoms with Crippen molar-refractivity contribution in [2.45, 2.75) is 103 Å². The predicted octanol–water partition coefficient (Wildman–Crippen LogP) is 7.34. The van der Waals surface area contributed by atoms with Gasteiger partial charge in [0.05, 0.1) is 6.54 Å². The number of unbranched alkanes of at least 4 members (excludes halogenated alkanes) is 10. The van der Waals surface area contributed by atoms with E-state index in [0.29, 0.717) is 0 Å². The van der Waals surface area contributed by atoms with E-state index in [4.69, 9.17) is 0 Å². The molecule has 0 amide bonds. The molecule has 0 unspecified atom stereocenters. The van der Waals surface area contributed by atoms with E-state index in [2.05, 4.69) is 65.3 Å². The maximum Gasteiger partial charge on any atom is 0.245 e. The molecule has 1 heterocycles. The van der Waals surface area contributed by atoms with Crippen LogP contribution >= 0.6 is 11.8 Å². The minimum atomic E-state index is 1.08. The number of hydrogen-bond donors (Lipinski definition) is 0. The zero-order chi connectivity index (χ0) is 19.2. The molecule has 0 radical (unpaired) electrons. The molecule has 1 aromatic carbocycles. The van der Waals surface area contributed by atoms with E-state index in [9.17, 15) is 0 Å². The van der Waals surface area contributed by atoms with Crippen LogP contribution in [0.15, 0.2) is 30.6 Å². The number of rotatable bonds is 16. The first-order valence-corrected chi connectivity index (χ1v) is 12.6.